The zero-order chi connectivity index (χ0) is 11.9. The number of allylic oxidation sites excluding steroid dienone is 2. The van der Waals surface area contributed by atoms with E-state index in [1.807, 2.05) is 0 Å². The molecule has 0 bridgehead atoms. The second kappa shape index (κ2) is 4.52. The van der Waals surface area contributed by atoms with E-state index in [0.717, 1.165) is 6.42 Å². The molecule has 2 aliphatic carbocycles. The van der Waals surface area contributed by atoms with Gasteiger partial charge in [-0.15, -0.1) is 0 Å². The topological polar surface area (TPSA) is 20.2 Å². The van der Waals surface area contributed by atoms with Crippen LogP contribution in [0.4, 0.5) is 0 Å². The monoisotopic (exact) mass is 222 g/mol. The molecule has 2 rings (SSSR count). The van der Waals surface area contributed by atoms with Gasteiger partial charge in [-0.2, -0.15) is 0 Å². The smallest absolute Gasteiger partial charge is 0.0610 e. The molecule has 16 heavy (non-hydrogen) atoms. The Morgan fingerprint density at radius 1 is 1.31 bits per heavy atom. The summed E-state index contributed by atoms with van der Waals surface area (Å²) in [6, 6.07) is 0. The Balaban J connectivity index is 2.27. The average Bonchev–Trinajstić information content (AvgIpc) is 2.53. The van der Waals surface area contributed by atoms with Crippen molar-refractivity contribution in [2.24, 2.45) is 29.6 Å². The van der Waals surface area contributed by atoms with Crippen LogP contribution in [0.15, 0.2) is 11.6 Å². The second-order valence-electron chi connectivity index (χ2n) is 6.32. The molecule has 1 saturated carbocycles. The molecule has 4 unspecified atom stereocenters. The maximum Gasteiger partial charge on any atom is 0.0610 e. The molecule has 5 atom stereocenters. The fourth-order valence-electron chi connectivity index (χ4n) is 3.89. The van der Waals surface area contributed by atoms with E-state index in [1.54, 1.807) is 0 Å². The van der Waals surface area contributed by atoms with Gasteiger partial charge in [0.1, 0.15) is 0 Å². The van der Waals surface area contributed by atoms with Gasteiger partial charge in [0.05, 0.1) is 6.10 Å². The summed E-state index contributed by atoms with van der Waals surface area (Å²) in [5.74, 6) is 2.93. The number of aliphatic hydroxyl groups excluding tert-OH is 1. The summed E-state index contributed by atoms with van der Waals surface area (Å²) in [5.41, 5.74) is 1.54. The summed E-state index contributed by atoms with van der Waals surface area (Å²) >= 11 is 0. The van der Waals surface area contributed by atoms with Gasteiger partial charge in [0.2, 0.25) is 0 Å². The zero-order valence-electron chi connectivity index (χ0n) is 11.1. The van der Waals surface area contributed by atoms with Gasteiger partial charge in [-0.1, -0.05) is 32.4 Å². The summed E-state index contributed by atoms with van der Waals surface area (Å²) in [7, 11) is 0. The van der Waals surface area contributed by atoms with Gasteiger partial charge in [-0.25, -0.2) is 0 Å². The third-order valence-electron chi connectivity index (χ3n) is 5.04. The normalized spacial score (nSPS) is 44.1. The molecule has 0 aromatic carbocycles. The van der Waals surface area contributed by atoms with Crippen molar-refractivity contribution in [1.82, 2.24) is 0 Å². The first-order valence-corrected chi connectivity index (χ1v) is 6.87. The first-order chi connectivity index (χ1) is 7.52. The van der Waals surface area contributed by atoms with Crippen LogP contribution in [-0.4, -0.2) is 11.2 Å². The molecular weight excluding hydrogens is 196 g/mol. The van der Waals surface area contributed by atoms with Crippen molar-refractivity contribution < 1.29 is 5.11 Å². The lowest BCUT2D eigenvalue weighted by molar-refractivity contribution is 0.0102. The third kappa shape index (κ3) is 1.95. The van der Waals surface area contributed by atoms with Gasteiger partial charge in [0.25, 0.3) is 0 Å². The highest BCUT2D eigenvalue weighted by atomic mass is 16.3. The van der Waals surface area contributed by atoms with Crippen molar-refractivity contribution >= 4 is 0 Å². The molecule has 1 fully saturated rings. The fraction of sp³-hybridized carbons (Fsp3) is 0.867. The summed E-state index contributed by atoms with van der Waals surface area (Å²) in [6.45, 7) is 9.09. The van der Waals surface area contributed by atoms with Crippen LogP contribution < -0.4 is 0 Å². The van der Waals surface area contributed by atoms with Gasteiger partial charge in [0.15, 0.2) is 0 Å². The Bertz CT molecular complexity index is 279. The number of hydrogen-bond acceptors (Lipinski definition) is 1. The van der Waals surface area contributed by atoms with Crippen molar-refractivity contribution in [2.75, 3.05) is 0 Å². The third-order valence-corrected chi connectivity index (χ3v) is 5.04. The number of aliphatic hydroxyl groups is 1. The highest BCUT2D eigenvalue weighted by molar-refractivity contribution is 5.13. The van der Waals surface area contributed by atoms with Crippen molar-refractivity contribution in [3.05, 3.63) is 11.6 Å². The molecule has 1 nitrogen and oxygen atoms in total. The van der Waals surface area contributed by atoms with E-state index < -0.39 is 0 Å². The van der Waals surface area contributed by atoms with E-state index in [9.17, 15) is 5.11 Å². The second-order valence-corrected chi connectivity index (χ2v) is 6.32. The lowest BCUT2D eigenvalue weighted by Gasteiger charge is -2.33. The van der Waals surface area contributed by atoms with E-state index in [4.69, 9.17) is 0 Å². The van der Waals surface area contributed by atoms with E-state index in [1.165, 1.54) is 18.4 Å². The maximum absolute atomic E-state index is 10.6. The number of hydrogen-bond donors (Lipinski definition) is 1. The Labute approximate surface area is 99.9 Å². The largest absolute Gasteiger partial charge is 0.392 e. The van der Waals surface area contributed by atoms with Crippen LogP contribution in [0, 0.1) is 29.6 Å². The minimum Gasteiger partial charge on any atom is -0.392 e. The lowest BCUT2D eigenvalue weighted by Crippen LogP contribution is -2.35. The minimum atomic E-state index is -0.0869. The van der Waals surface area contributed by atoms with Gasteiger partial charge >= 0.3 is 0 Å². The van der Waals surface area contributed by atoms with Gasteiger partial charge in [0, 0.05) is 0 Å². The van der Waals surface area contributed by atoms with Crippen LogP contribution in [0.5, 0.6) is 0 Å². The predicted octanol–water partition coefficient (Wildman–Crippen LogP) is 3.63. The Hall–Kier alpha value is -0.300. The van der Waals surface area contributed by atoms with Crippen LogP contribution >= 0.6 is 0 Å². The summed E-state index contributed by atoms with van der Waals surface area (Å²) in [6.07, 6.45) is 5.97. The molecule has 0 aromatic heterocycles. The average molecular weight is 222 g/mol. The van der Waals surface area contributed by atoms with E-state index in [-0.39, 0.29) is 6.10 Å². The molecule has 0 heterocycles. The van der Waals surface area contributed by atoms with E-state index >= 15 is 0 Å². The van der Waals surface area contributed by atoms with Crippen molar-refractivity contribution in [1.29, 1.82) is 0 Å². The number of rotatable bonds is 1. The maximum atomic E-state index is 10.6. The highest BCUT2D eigenvalue weighted by Gasteiger charge is 2.43. The highest BCUT2D eigenvalue weighted by Crippen LogP contribution is 2.47. The van der Waals surface area contributed by atoms with Gasteiger partial charge in [-0.3, -0.25) is 0 Å². The van der Waals surface area contributed by atoms with Crippen molar-refractivity contribution in [3.8, 4) is 0 Å². The number of fused-ring (bicyclic) bond motifs is 1. The standard InChI is InChI=1S/C15H26O/c1-9(2)12-7-5-10(3)13-8-6-11(4)14(13)15(12)16/h5,9,11-16H,6-8H2,1-4H3/t11?,12?,13?,14?,15-/m1/s1. The quantitative estimate of drug-likeness (QED) is 0.672. The first kappa shape index (κ1) is 12.2. The van der Waals surface area contributed by atoms with Gasteiger partial charge in [-0.05, 0) is 55.8 Å². The predicted molar refractivity (Wildman–Crippen MR) is 68.1 cm³/mol. The van der Waals surface area contributed by atoms with Crippen LogP contribution in [0.1, 0.15) is 47.0 Å². The molecule has 0 aromatic rings. The molecule has 2 aliphatic rings. The van der Waals surface area contributed by atoms with Crippen LogP contribution in [0.2, 0.25) is 0 Å². The summed E-state index contributed by atoms with van der Waals surface area (Å²) < 4.78 is 0. The summed E-state index contributed by atoms with van der Waals surface area (Å²) in [4.78, 5) is 0. The molecule has 0 spiro atoms. The Morgan fingerprint density at radius 3 is 2.62 bits per heavy atom. The zero-order valence-corrected chi connectivity index (χ0v) is 11.1. The molecule has 0 aliphatic heterocycles. The summed E-state index contributed by atoms with van der Waals surface area (Å²) in [5, 5.41) is 10.6. The molecule has 1 N–H and O–H groups in total. The van der Waals surface area contributed by atoms with Gasteiger partial charge < -0.3 is 5.11 Å². The molecule has 0 saturated heterocycles. The van der Waals surface area contributed by atoms with E-state index in [0.29, 0.717) is 29.6 Å². The Morgan fingerprint density at radius 2 is 2.00 bits per heavy atom. The Kier molecular flexibility index (Phi) is 3.44. The van der Waals surface area contributed by atoms with E-state index in [2.05, 4.69) is 33.8 Å². The van der Waals surface area contributed by atoms with Crippen molar-refractivity contribution in [3.63, 3.8) is 0 Å². The van der Waals surface area contributed by atoms with Crippen LogP contribution in [-0.2, 0) is 0 Å². The fourth-order valence-corrected chi connectivity index (χ4v) is 3.89. The molecule has 92 valence electrons. The molecule has 1 heteroatoms. The minimum absolute atomic E-state index is 0.0869. The van der Waals surface area contributed by atoms with Crippen LogP contribution in [0.25, 0.3) is 0 Å². The molecule has 0 amide bonds. The molecule has 0 radical (unpaired) electrons. The SMILES string of the molecule is CC1=CCC(C(C)C)[C@@H](O)C2C(C)CCC12. The lowest BCUT2D eigenvalue weighted by atomic mass is 9.76. The first-order valence-electron chi connectivity index (χ1n) is 6.87. The molecular formula is C15H26O. The van der Waals surface area contributed by atoms with Crippen molar-refractivity contribution in [2.45, 2.75) is 53.1 Å². The van der Waals surface area contributed by atoms with Crippen LogP contribution in [0.3, 0.4) is 0 Å².